The molecule has 0 atom stereocenters. The number of carbonyl (C=O) groups excluding carboxylic acids is 1. The first-order valence-corrected chi connectivity index (χ1v) is 11.6. The van der Waals surface area contributed by atoms with Crippen LogP contribution in [0.25, 0.3) is 0 Å². The molecule has 0 bridgehead atoms. The van der Waals surface area contributed by atoms with Gasteiger partial charge in [-0.05, 0) is 37.5 Å². The number of nitrogens with zero attached hydrogens (tertiary/aromatic N) is 4. The summed E-state index contributed by atoms with van der Waals surface area (Å²) in [6.45, 7) is 5.48. The van der Waals surface area contributed by atoms with Crippen LogP contribution >= 0.6 is 0 Å². The highest BCUT2D eigenvalue weighted by Crippen LogP contribution is 2.43. The van der Waals surface area contributed by atoms with Crippen molar-refractivity contribution in [2.24, 2.45) is 0 Å². The summed E-state index contributed by atoms with van der Waals surface area (Å²) in [6.07, 6.45) is 4.10. The van der Waals surface area contributed by atoms with Gasteiger partial charge >= 0.3 is 0 Å². The van der Waals surface area contributed by atoms with Crippen molar-refractivity contribution < 1.29 is 18.3 Å². The van der Waals surface area contributed by atoms with Gasteiger partial charge in [-0.15, -0.1) is 0 Å². The molecule has 1 amide bonds. The molecular weight excluding hydrogens is 414 g/mol. The minimum absolute atomic E-state index is 0.0187. The molecule has 0 spiro atoms. The largest absolute Gasteiger partial charge is 0.490 e. The number of amides is 1. The highest BCUT2D eigenvalue weighted by Gasteiger charge is 2.34. The van der Waals surface area contributed by atoms with Crippen LogP contribution in [-0.2, 0) is 17.8 Å². The lowest BCUT2D eigenvalue weighted by atomic mass is 9.95. The summed E-state index contributed by atoms with van der Waals surface area (Å²) in [6, 6.07) is 3.62. The molecule has 0 radical (unpaired) electrons. The number of aromatic nitrogens is 2. The molecule has 8 heteroatoms. The fraction of sp³-hybridized carbons (Fsp3) is 0.583. The molecule has 6 nitrogen and oxygen atoms in total. The van der Waals surface area contributed by atoms with Crippen LogP contribution in [0, 0.1) is 6.92 Å². The predicted molar refractivity (Wildman–Crippen MR) is 118 cm³/mol. The SMILES string of the molecule is CC(=O)N1CCc2c(c(N3CCOc4cc(C)c(C(F)F)cc43)nn2C2CCCCC2)C1. The van der Waals surface area contributed by atoms with Gasteiger partial charge in [-0.1, -0.05) is 19.3 Å². The normalized spacial score (nSPS) is 19.0. The van der Waals surface area contributed by atoms with Gasteiger partial charge in [0.15, 0.2) is 5.82 Å². The van der Waals surface area contributed by atoms with Crippen LogP contribution < -0.4 is 9.64 Å². The van der Waals surface area contributed by atoms with Gasteiger partial charge in [0.05, 0.1) is 24.8 Å². The first kappa shape index (κ1) is 21.2. The third kappa shape index (κ3) is 3.63. The van der Waals surface area contributed by atoms with Gasteiger partial charge < -0.3 is 14.5 Å². The molecule has 1 aromatic carbocycles. The zero-order valence-corrected chi connectivity index (χ0v) is 18.7. The summed E-state index contributed by atoms with van der Waals surface area (Å²) in [5.74, 6) is 1.44. The molecule has 0 unspecified atom stereocenters. The van der Waals surface area contributed by atoms with Crippen LogP contribution in [0.5, 0.6) is 5.75 Å². The summed E-state index contributed by atoms with van der Waals surface area (Å²) >= 11 is 0. The summed E-state index contributed by atoms with van der Waals surface area (Å²) in [5, 5.41) is 5.09. The lowest BCUT2D eigenvalue weighted by molar-refractivity contribution is -0.129. The Balaban J connectivity index is 1.62. The van der Waals surface area contributed by atoms with E-state index in [1.54, 1.807) is 26.0 Å². The van der Waals surface area contributed by atoms with Crippen molar-refractivity contribution in [3.8, 4) is 5.75 Å². The van der Waals surface area contributed by atoms with Crippen molar-refractivity contribution >= 4 is 17.4 Å². The highest BCUT2D eigenvalue weighted by atomic mass is 19.3. The van der Waals surface area contributed by atoms with Gasteiger partial charge in [0.25, 0.3) is 6.43 Å². The van der Waals surface area contributed by atoms with Crippen LogP contribution in [0.15, 0.2) is 12.1 Å². The first-order chi connectivity index (χ1) is 15.4. The second kappa shape index (κ2) is 8.37. The molecule has 1 aromatic heterocycles. The molecule has 1 aliphatic carbocycles. The van der Waals surface area contributed by atoms with E-state index in [0.717, 1.165) is 30.6 Å². The lowest BCUT2D eigenvalue weighted by Crippen LogP contribution is -2.36. The zero-order chi connectivity index (χ0) is 22.4. The van der Waals surface area contributed by atoms with Crippen LogP contribution in [0.2, 0.25) is 0 Å². The standard InChI is InChI=1S/C24H30F2N4O2/c1-15-12-22-21(13-18(15)23(25)26)29(10-11-32-22)24-19-14-28(16(2)31)9-8-20(19)30(27-24)17-6-4-3-5-7-17/h12-13,17,23H,3-11,14H2,1-2H3. The Kier molecular flexibility index (Phi) is 5.55. The molecule has 2 aliphatic heterocycles. The van der Waals surface area contributed by atoms with Crippen LogP contribution in [0.1, 0.15) is 73.9 Å². The Hall–Kier alpha value is -2.64. The summed E-state index contributed by atoms with van der Waals surface area (Å²) < 4.78 is 35.4. The molecule has 0 saturated heterocycles. The summed E-state index contributed by atoms with van der Waals surface area (Å²) in [7, 11) is 0. The maximum atomic E-state index is 13.7. The Morgan fingerprint density at radius 3 is 2.69 bits per heavy atom. The number of aryl methyl sites for hydroxylation is 1. The number of halogens is 2. The Bertz CT molecular complexity index is 1030. The van der Waals surface area contributed by atoms with E-state index >= 15 is 0 Å². The van der Waals surface area contributed by atoms with Gasteiger partial charge in [-0.25, -0.2) is 8.78 Å². The molecule has 3 heterocycles. The van der Waals surface area contributed by atoms with E-state index in [0.29, 0.717) is 49.3 Å². The first-order valence-electron chi connectivity index (χ1n) is 11.6. The number of carbonyl (C=O) groups is 1. The van der Waals surface area contributed by atoms with E-state index in [9.17, 15) is 13.6 Å². The number of benzene rings is 1. The summed E-state index contributed by atoms with van der Waals surface area (Å²) in [4.78, 5) is 16.0. The number of anilines is 2. The predicted octanol–water partition coefficient (Wildman–Crippen LogP) is 5.07. The van der Waals surface area contributed by atoms with Crippen molar-refractivity contribution in [2.45, 2.75) is 71.4 Å². The molecule has 2 aromatic rings. The number of alkyl halides is 2. The van der Waals surface area contributed by atoms with Gasteiger partial charge in [0, 0.05) is 36.7 Å². The minimum Gasteiger partial charge on any atom is -0.490 e. The zero-order valence-electron chi connectivity index (χ0n) is 18.7. The van der Waals surface area contributed by atoms with E-state index in [4.69, 9.17) is 9.84 Å². The molecule has 1 fully saturated rings. The average molecular weight is 445 g/mol. The fourth-order valence-electron chi connectivity index (χ4n) is 5.38. The topological polar surface area (TPSA) is 50.6 Å². The fourth-order valence-corrected chi connectivity index (χ4v) is 5.38. The van der Waals surface area contributed by atoms with Gasteiger partial charge in [0.1, 0.15) is 12.4 Å². The van der Waals surface area contributed by atoms with Gasteiger partial charge in [0.2, 0.25) is 5.91 Å². The maximum absolute atomic E-state index is 13.7. The highest BCUT2D eigenvalue weighted by molar-refractivity contribution is 5.76. The molecule has 3 aliphatic rings. The van der Waals surface area contributed by atoms with Crippen molar-refractivity contribution in [1.29, 1.82) is 0 Å². The molecule has 32 heavy (non-hydrogen) atoms. The third-order valence-electron chi connectivity index (χ3n) is 7.13. The molecule has 172 valence electrons. The van der Waals surface area contributed by atoms with E-state index in [1.165, 1.54) is 25.0 Å². The molecular formula is C24H30F2N4O2. The second-order valence-corrected chi connectivity index (χ2v) is 9.15. The number of ether oxygens (including phenoxy) is 1. The Labute approximate surface area is 187 Å². The minimum atomic E-state index is -2.55. The second-order valence-electron chi connectivity index (χ2n) is 9.15. The molecule has 0 N–H and O–H groups in total. The lowest BCUT2D eigenvalue weighted by Gasteiger charge is -2.33. The van der Waals surface area contributed by atoms with Gasteiger partial charge in [-0.3, -0.25) is 9.48 Å². The van der Waals surface area contributed by atoms with Crippen molar-refractivity contribution in [3.05, 3.63) is 34.5 Å². The van der Waals surface area contributed by atoms with Crippen LogP contribution in [-0.4, -0.2) is 40.3 Å². The van der Waals surface area contributed by atoms with E-state index in [1.807, 2.05) is 9.80 Å². The monoisotopic (exact) mass is 444 g/mol. The smallest absolute Gasteiger partial charge is 0.264 e. The molecule has 1 saturated carbocycles. The number of rotatable bonds is 3. The number of hydrogen-bond donors (Lipinski definition) is 0. The van der Waals surface area contributed by atoms with Crippen molar-refractivity contribution in [1.82, 2.24) is 14.7 Å². The van der Waals surface area contributed by atoms with Crippen molar-refractivity contribution in [3.63, 3.8) is 0 Å². The van der Waals surface area contributed by atoms with E-state index < -0.39 is 6.43 Å². The quantitative estimate of drug-likeness (QED) is 0.663. The summed E-state index contributed by atoms with van der Waals surface area (Å²) in [5.41, 5.74) is 3.42. The Morgan fingerprint density at radius 2 is 1.97 bits per heavy atom. The molecule has 5 rings (SSSR count). The third-order valence-corrected chi connectivity index (χ3v) is 7.13. The van der Waals surface area contributed by atoms with Crippen LogP contribution in [0.3, 0.4) is 0 Å². The number of fused-ring (bicyclic) bond motifs is 2. The maximum Gasteiger partial charge on any atom is 0.264 e. The van der Waals surface area contributed by atoms with Crippen LogP contribution in [0.4, 0.5) is 20.3 Å². The van der Waals surface area contributed by atoms with E-state index in [-0.39, 0.29) is 11.5 Å². The van der Waals surface area contributed by atoms with Crippen molar-refractivity contribution in [2.75, 3.05) is 24.6 Å². The number of hydrogen-bond acceptors (Lipinski definition) is 4. The van der Waals surface area contributed by atoms with Gasteiger partial charge in [-0.2, -0.15) is 5.10 Å². The Morgan fingerprint density at radius 1 is 1.19 bits per heavy atom. The average Bonchev–Trinajstić information content (AvgIpc) is 3.17. The van der Waals surface area contributed by atoms with E-state index in [2.05, 4.69) is 4.68 Å².